The van der Waals surface area contributed by atoms with E-state index in [-0.39, 0.29) is 6.54 Å². The van der Waals surface area contributed by atoms with E-state index >= 15 is 0 Å². The van der Waals surface area contributed by atoms with Crippen molar-refractivity contribution in [3.05, 3.63) is 65.2 Å². The zero-order valence-corrected chi connectivity index (χ0v) is 19.1. The third kappa shape index (κ3) is 6.68. The number of carbonyl (C=O) groups is 1. The molecule has 4 N–H and O–H groups in total. The molecule has 5 heteroatoms. The first-order valence-corrected chi connectivity index (χ1v) is 11.7. The lowest BCUT2D eigenvalue weighted by Gasteiger charge is -2.20. The molecule has 32 heavy (non-hydrogen) atoms. The van der Waals surface area contributed by atoms with Crippen LogP contribution in [0.15, 0.2) is 48.5 Å². The molecular weight excluding hydrogens is 400 g/mol. The van der Waals surface area contributed by atoms with Gasteiger partial charge >= 0.3 is 5.97 Å². The van der Waals surface area contributed by atoms with Crippen molar-refractivity contribution < 1.29 is 14.3 Å². The first-order valence-electron chi connectivity index (χ1n) is 11.7. The van der Waals surface area contributed by atoms with Gasteiger partial charge in [-0.25, -0.2) is 0 Å². The summed E-state index contributed by atoms with van der Waals surface area (Å²) in [6.07, 6.45) is 9.36. The molecule has 172 valence electrons. The van der Waals surface area contributed by atoms with Crippen LogP contribution in [0.3, 0.4) is 0 Å². The highest BCUT2D eigenvalue weighted by atomic mass is 16.5. The molecule has 0 aromatic heterocycles. The molecule has 0 saturated heterocycles. The van der Waals surface area contributed by atoms with Gasteiger partial charge in [0.05, 0.1) is 13.2 Å². The second-order valence-electron chi connectivity index (χ2n) is 8.73. The van der Waals surface area contributed by atoms with E-state index in [4.69, 9.17) is 20.9 Å². The first-order chi connectivity index (χ1) is 15.5. The van der Waals surface area contributed by atoms with Crippen molar-refractivity contribution in [2.75, 3.05) is 19.8 Å². The van der Waals surface area contributed by atoms with Crippen molar-refractivity contribution in [2.24, 2.45) is 11.5 Å². The summed E-state index contributed by atoms with van der Waals surface area (Å²) in [5.74, 6) is 0.573. The molecule has 0 bridgehead atoms. The smallest absolute Gasteiger partial charge is 0.327 e. The molecule has 1 aliphatic carbocycles. The Labute approximate surface area is 191 Å². The molecule has 0 saturated carbocycles. The second kappa shape index (κ2) is 11.8. The summed E-state index contributed by atoms with van der Waals surface area (Å²) in [4.78, 5) is 11.8. The van der Waals surface area contributed by atoms with Gasteiger partial charge < -0.3 is 20.9 Å². The highest BCUT2D eigenvalue weighted by molar-refractivity contribution is 5.83. The maximum Gasteiger partial charge on any atom is 0.327 e. The normalized spacial score (nSPS) is 15.2. The van der Waals surface area contributed by atoms with Gasteiger partial charge in [0.1, 0.15) is 11.3 Å². The number of fused-ring (bicyclic) bond motifs is 1. The van der Waals surface area contributed by atoms with E-state index in [0.717, 1.165) is 50.7 Å². The fourth-order valence-electron chi connectivity index (χ4n) is 3.87. The summed E-state index contributed by atoms with van der Waals surface area (Å²) in [6, 6.07) is 17.0. The number of nitrogens with two attached hydrogens (primary N) is 2. The number of benzene rings is 2. The second-order valence-corrected chi connectivity index (χ2v) is 8.73. The van der Waals surface area contributed by atoms with E-state index in [2.05, 4.69) is 54.6 Å². The zero-order valence-electron chi connectivity index (χ0n) is 19.1. The maximum absolute atomic E-state index is 11.8. The Hall–Kier alpha value is -2.63. The Kier molecular flexibility index (Phi) is 8.89. The molecule has 0 spiro atoms. The fourth-order valence-corrected chi connectivity index (χ4v) is 3.87. The molecule has 1 atom stereocenters. The van der Waals surface area contributed by atoms with Gasteiger partial charge in [0, 0.05) is 12.1 Å². The summed E-state index contributed by atoms with van der Waals surface area (Å²) < 4.78 is 11.4. The average molecular weight is 437 g/mol. The largest absolute Gasteiger partial charge is 0.493 e. The van der Waals surface area contributed by atoms with Gasteiger partial charge in [-0.3, -0.25) is 4.79 Å². The molecule has 0 radical (unpaired) electrons. The van der Waals surface area contributed by atoms with Crippen LogP contribution in [0, 0.1) is 0 Å². The lowest BCUT2D eigenvalue weighted by molar-refractivity contribution is -0.149. The lowest BCUT2D eigenvalue weighted by atomic mass is 10.0. The predicted octanol–water partition coefficient (Wildman–Crippen LogP) is 4.72. The molecule has 2 aromatic carbocycles. The Morgan fingerprint density at radius 1 is 0.969 bits per heavy atom. The van der Waals surface area contributed by atoms with E-state index in [9.17, 15) is 4.79 Å². The summed E-state index contributed by atoms with van der Waals surface area (Å²) >= 11 is 0. The van der Waals surface area contributed by atoms with Crippen molar-refractivity contribution in [3.8, 4) is 5.75 Å². The molecule has 1 aliphatic rings. The van der Waals surface area contributed by atoms with Crippen LogP contribution in [0.4, 0.5) is 0 Å². The quantitative estimate of drug-likeness (QED) is 0.393. The molecule has 0 fully saturated rings. The molecule has 0 aliphatic heterocycles. The van der Waals surface area contributed by atoms with Crippen LogP contribution in [0.1, 0.15) is 62.1 Å². The molecule has 0 amide bonds. The molecule has 0 heterocycles. The monoisotopic (exact) mass is 436 g/mol. The van der Waals surface area contributed by atoms with Crippen LogP contribution in [-0.4, -0.2) is 31.3 Å². The number of carbonyl (C=O) groups excluding carboxylic acids is 1. The van der Waals surface area contributed by atoms with Crippen LogP contribution in [0.5, 0.6) is 5.75 Å². The number of unbranched alkanes of at least 4 members (excludes halogenated alkanes) is 3. The molecule has 2 aromatic rings. The third-order valence-corrected chi connectivity index (χ3v) is 5.94. The maximum atomic E-state index is 11.8. The molecule has 1 unspecified atom stereocenters. The number of esters is 1. The molecule has 3 rings (SSSR count). The minimum absolute atomic E-state index is 0.0791. The highest BCUT2D eigenvalue weighted by Gasteiger charge is 2.28. The van der Waals surface area contributed by atoms with Gasteiger partial charge in [-0.05, 0) is 74.6 Å². The van der Waals surface area contributed by atoms with Crippen molar-refractivity contribution in [1.82, 2.24) is 0 Å². The Balaban J connectivity index is 1.43. The summed E-state index contributed by atoms with van der Waals surface area (Å²) in [5.41, 5.74) is 15.4. The zero-order chi connectivity index (χ0) is 22.8. The van der Waals surface area contributed by atoms with Crippen molar-refractivity contribution in [2.45, 2.75) is 57.4 Å². The van der Waals surface area contributed by atoms with E-state index < -0.39 is 11.5 Å². The minimum Gasteiger partial charge on any atom is -0.493 e. The number of ether oxygens (including phenoxy) is 2. The number of hydrogen-bond acceptors (Lipinski definition) is 5. The number of rotatable bonds is 11. The Bertz CT molecular complexity index is 906. The number of hydrogen-bond donors (Lipinski definition) is 2. The average Bonchev–Trinajstić information content (AvgIpc) is 3.04. The van der Waals surface area contributed by atoms with Crippen molar-refractivity contribution >= 4 is 17.6 Å². The standard InChI is InChI=1S/C27H36N2O3/c1-27(29,20-28)26(30)32-18-8-3-2-7-17-31-25-16-10-14-23-19-22(13-9-15-24(23)25)21-11-5-4-6-12-21/h4-6,10-12,14,16,19H,2-3,7-9,13,15,17-18,20,28-29H2,1H3. The van der Waals surface area contributed by atoms with Crippen molar-refractivity contribution in [3.63, 3.8) is 0 Å². The number of allylic oxidation sites excluding steroid dienone is 1. The van der Waals surface area contributed by atoms with E-state index in [1.54, 1.807) is 6.92 Å². The van der Waals surface area contributed by atoms with Crippen LogP contribution >= 0.6 is 0 Å². The van der Waals surface area contributed by atoms with Gasteiger partial charge in [-0.15, -0.1) is 0 Å². The lowest BCUT2D eigenvalue weighted by Crippen LogP contribution is -2.52. The molecular formula is C27H36N2O3. The predicted molar refractivity (Wildman–Crippen MR) is 130 cm³/mol. The van der Waals surface area contributed by atoms with Crippen molar-refractivity contribution in [1.29, 1.82) is 0 Å². The first kappa shape index (κ1) is 24.0. The summed E-state index contributed by atoms with van der Waals surface area (Å²) in [5, 5.41) is 0. The summed E-state index contributed by atoms with van der Waals surface area (Å²) in [7, 11) is 0. The Morgan fingerprint density at radius 2 is 1.72 bits per heavy atom. The topological polar surface area (TPSA) is 87.6 Å². The van der Waals surface area contributed by atoms with E-state index in [1.165, 1.54) is 22.3 Å². The van der Waals surface area contributed by atoms with E-state index in [0.29, 0.717) is 13.2 Å². The van der Waals surface area contributed by atoms with Gasteiger partial charge in [-0.1, -0.05) is 48.5 Å². The summed E-state index contributed by atoms with van der Waals surface area (Å²) in [6.45, 7) is 2.75. The Morgan fingerprint density at radius 3 is 2.47 bits per heavy atom. The van der Waals surface area contributed by atoms with Gasteiger partial charge in [0.2, 0.25) is 0 Å². The molecule has 5 nitrogen and oxygen atoms in total. The van der Waals surface area contributed by atoms with Gasteiger partial charge in [0.25, 0.3) is 0 Å². The van der Waals surface area contributed by atoms with Crippen LogP contribution in [0.2, 0.25) is 0 Å². The SMILES string of the molecule is CC(N)(CN)C(=O)OCCCCCCOc1cccc2c1CCCC(c1ccccc1)=C2. The fraction of sp³-hybridized carbons (Fsp3) is 0.444. The van der Waals surface area contributed by atoms with Crippen LogP contribution in [-0.2, 0) is 16.0 Å². The third-order valence-electron chi connectivity index (χ3n) is 5.94. The van der Waals surface area contributed by atoms with Crippen LogP contribution in [0.25, 0.3) is 11.6 Å². The minimum atomic E-state index is -1.10. The van der Waals surface area contributed by atoms with Gasteiger partial charge in [-0.2, -0.15) is 0 Å². The van der Waals surface area contributed by atoms with E-state index in [1.807, 2.05) is 0 Å². The van der Waals surface area contributed by atoms with Crippen LogP contribution < -0.4 is 16.2 Å². The van der Waals surface area contributed by atoms with Gasteiger partial charge in [0.15, 0.2) is 0 Å². The highest BCUT2D eigenvalue weighted by Crippen LogP contribution is 2.33.